The van der Waals surface area contributed by atoms with E-state index in [0.717, 1.165) is 30.9 Å². The Hall–Kier alpha value is -2.68. The molecule has 8 heteroatoms. The van der Waals surface area contributed by atoms with Crippen LogP contribution in [0.3, 0.4) is 0 Å². The first-order chi connectivity index (χ1) is 17.5. The average Bonchev–Trinajstić information content (AvgIpc) is 3.69. The molecule has 0 unspecified atom stereocenters. The van der Waals surface area contributed by atoms with Crippen molar-refractivity contribution in [3.05, 3.63) is 52.4 Å². The van der Waals surface area contributed by atoms with Gasteiger partial charge in [-0.3, -0.25) is 14.5 Å². The van der Waals surface area contributed by atoms with Crippen LogP contribution in [0.5, 0.6) is 5.75 Å². The number of methoxy groups -OCH3 is 1. The minimum absolute atomic E-state index is 0.0277. The Morgan fingerprint density at radius 2 is 1.81 bits per heavy atom. The number of para-hydroxylation sites is 1. The molecule has 8 nitrogen and oxygen atoms in total. The highest BCUT2D eigenvalue weighted by Gasteiger charge is 2.57. The molecule has 2 aromatic rings. The normalized spacial score (nSPS) is 28.2. The molecule has 0 radical (unpaired) electrons. The number of hydrogen-bond acceptors (Lipinski definition) is 6. The Bertz CT molecular complexity index is 1200. The molecule has 1 amide bonds. The molecule has 6 rings (SSSR count). The number of aliphatic hydroxyl groups excluding tert-OH is 1. The number of nitrogens with zero attached hydrogens (tertiary/aromatic N) is 4. The molecule has 3 aliphatic heterocycles. The van der Waals surface area contributed by atoms with Gasteiger partial charge in [0.15, 0.2) is 0 Å². The van der Waals surface area contributed by atoms with E-state index in [0.29, 0.717) is 36.9 Å². The van der Waals surface area contributed by atoms with Crippen LogP contribution < -0.4 is 10.3 Å². The number of rotatable bonds is 6. The Balaban J connectivity index is 1.43. The van der Waals surface area contributed by atoms with Gasteiger partial charge < -0.3 is 24.2 Å². The SMILES string of the molecule is COc1ccccc1-c1ccc2n(c1=O)C[C@@H]1[C@@H](CO)[C@H](C(=O)N3CCN(C)CC3)[C@H]2N1CC1CC1. The predicted molar refractivity (Wildman–Crippen MR) is 137 cm³/mol. The van der Waals surface area contributed by atoms with Crippen LogP contribution in [0.2, 0.25) is 0 Å². The summed E-state index contributed by atoms with van der Waals surface area (Å²) in [4.78, 5) is 34.6. The monoisotopic (exact) mass is 492 g/mol. The van der Waals surface area contributed by atoms with E-state index in [1.54, 1.807) is 7.11 Å². The summed E-state index contributed by atoms with van der Waals surface area (Å²) in [7, 11) is 3.70. The largest absolute Gasteiger partial charge is 0.496 e. The lowest BCUT2D eigenvalue weighted by Crippen LogP contribution is -2.50. The minimum atomic E-state index is -0.340. The lowest BCUT2D eigenvalue weighted by Gasteiger charge is -2.39. The van der Waals surface area contributed by atoms with Gasteiger partial charge in [-0.25, -0.2) is 0 Å². The molecule has 1 aromatic carbocycles. The third-order valence-corrected chi connectivity index (χ3v) is 8.83. The Labute approximate surface area is 212 Å². The zero-order chi connectivity index (χ0) is 25.0. The lowest BCUT2D eigenvalue weighted by molar-refractivity contribution is -0.139. The second kappa shape index (κ2) is 9.32. The fourth-order valence-electron chi connectivity index (χ4n) is 6.66. The first-order valence-corrected chi connectivity index (χ1v) is 13.2. The first-order valence-electron chi connectivity index (χ1n) is 13.2. The number of piperazine rings is 1. The van der Waals surface area contributed by atoms with E-state index in [9.17, 15) is 14.7 Å². The van der Waals surface area contributed by atoms with Gasteiger partial charge in [-0.05, 0) is 44.0 Å². The number of carbonyl (C=O) groups excluding carboxylic acids is 1. The van der Waals surface area contributed by atoms with Crippen molar-refractivity contribution < 1.29 is 14.6 Å². The smallest absolute Gasteiger partial charge is 0.258 e. The van der Waals surface area contributed by atoms with Crippen molar-refractivity contribution in [1.82, 2.24) is 19.3 Å². The van der Waals surface area contributed by atoms with Crippen molar-refractivity contribution in [2.75, 3.05) is 53.5 Å². The highest BCUT2D eigenvalue weighted by atomic mass is 16.5. The molecule has 4 aliphatic rings. The average molecular weight is 493 g/mol. The van der Waals surface area contributed by atoms with Crippen LogP contribution in [0, 0.1) is 17.8 Å². The van der Waals surface area contributed by atoms with E-state index >= 15 is 0 Å². The first kappa shape index (κ1) is 23.7. The summed E-state index contributed by atoms with van der Waals surface area (Å²) in [5.41, 5.74) is 2.23. The summed E-state index contributed by atoms with van der Waals surface area (Å²) in [6, 6.07) is 11.3. The Kier molecular flexibility index (Phi) is 6.14. The van der Waals surface area contributed by atoms with Crippen LogP contribution >= 0.6 is 0 Å². The molecule has 1 N–H and O–H groups in total. The lowest BCUT2D eigenvalue weighted by atomic mass is 9.86. The van der Waals surface area contributed by atoms with Gasteiger partial charge in [0.05, 0.1) is 24.6 Å². The molecule has 4 atom stereocenters. The van der Waals surface area contributed by atoms with Crippen LogP contribution in [-0.4, -0.2) is 89.8 Å². The third kappa shape index (κ3) is 3.86. The number of amides is 1. The molecule has 3 fully saturated rings. The molecule has 2 bridgehead atoms. The Morgan fingerprint density at radius 3 is 2.50 bits per heavy atom. The van der Waals surface area contributed by atoms with Gasteiger partial charge in [0.1, 0.15) is 5.75 Å². The van der Waals surface area contributed by atoms with E-state index in [1.165, 1.54) is 12.8 Å². The fourth-order valence-corrected chi connectivity index (χ4v) is 6.66. The van der Waals surface area contributed by atoms with Crippen LogP contribution in [0.15, 0.2) is 41.2 Å². The van der Waals surface area contributed by atoms with Crippen molar-refractivity contribution in [1.29, 1.82) is 0 Å². The molecule has 2 saturated heterocycles. The molecular formula is C28H36N4O4. The van der Waals surface area contributed by atoms with Crippen LogP contribution in [0.1, 0.15) is 24.6 Å². The maximum atomic E-state index is 14.0. The van der Waals surface area contributed by atoms with Crippen molar-refractivity contribution >= 4 is 5.91 Å². The second-order valence-corrected chi connectivity index (χ2v) is 10.9. The summed E-state index contributed by atoms with van der Waals surface area (Å²) < 4.78 is 7.41. The zero-order valence-electron chi connectivity index (χ0n) is 21.2. The van der Waals surface area contributed by atoms with Gasteiger partial charge in [-0.2, -0.15) is 0 Å². The van der Waals surface area contributed by atoms with Crippen molar-refractivity contribution in [3.63, 3.8) is 0 Å². The summed E-state index contributed by atoms with van der Waals surface area (Å²) in [5, 5.41) is 10.6. The number of aliphatic hydroxyl groups is 1. The van der Waals surface area contributed by atoms with Gasteiger partial charge >= 0.3 is 0 Å². The zero-order valence-corrected chi connectivity index (χ0v) is 21.2. The number of aromatic nitrogens is 1. The number of pyridine rings is 1. The number of likely N-dealkylation sites (N-methyl/N-ethyl adjacent to an activating group) is 1. The molecule has 192 valence electrons. The van der Waals surface area contributed by atoms with Crippen LogP contribution in [-0.2, 0) is 11.3 Å². The summed E-state index contributed by atoms with van der Waals surface area (Å²) in [6.07, 6.45) is 2.44. The molecule has 4 heterocycles. The predicted octanol–water partition coefficient (Wildman–Crippen LogP) is 1.67. The standard InChI is InChI=1S/C28H36N4O4/c1-29-11-13-30(14-12-29)28(35)25-21(17-33)23-16-32-22(26(25)31(23)15-18-7-8-18)10-9-20(27(32)34)19-5-3-4-6-24(19)36-2/h3-6,9-10,18,21,23,25-26,33H,7-8,11-17H2,1-2H3/t21-,23-,25+,26+/m1/s1. The molecule has 0 spiro atoms. The number of hydrogen-bond donors (Lipinski definition) is 1. The van der Waals surface area contributed by atoms with E-state index in [4.69, 9.17) is 4.74 Å². The van der Waals surface area contributed by atoms with E-state index in [2.05, 4.69) is 16.8 Å². The van der Waals surface area contributed by atoms with Crippen LogP contribution in [0.4, 0.5) is 0 Å². The maximum absolute atomic E-state index is 14.0. The highest BCUT2D eigenvalue weighted by Crippen LogP contribution is 2.50. The quantitative estimate of drug-likeness (QED) is 0.661. The molecule has 1 aliphatic carbocycles. The number of fused-ring (bicyclic) bond motifs is 4. The van der Waals surface area contributed by atoms with Gasteiger partial charge in [0.2, 0.25) is 5.91 Å². The van der Waals surface area contributed by atoms with E-state index in [-0.39, 0.29) is 42.0 Å². The minimum Gasteiger partial charge on any atom is -0.496 e. The van der Waals surface area contributed by atoms with Crippen molar-refractivity contribution in [2.45, 2.75) is 31.5 Å². The van der Waals surface area contributed by atoms with Crippen LogP contribution in [0.25, 0.3) is 11.1 Å². The topological polar surface area (TPSA) is 78.2 Å². The third-order valence-electron chi connectivity index (χ3n) is 8.83. The van der Waals surface area contributed by atoms with Gasteiger partial charge in [0, 0.05) is 69.1 Å². The van der Waals surface area contributed by atoms with Gasteiger partial charge in [-0.15, -0.1) is 0 Å². The van der Waals surface area contributed by atoms with Gasteiger partial charge in [-0.1, -0.05) is 18.2 Å². The molecule has 36 heavy (non-hydrogen) atoms. The second-order valence-electron chi connectivity index (χ2n) is 10.9. The van der Waals surface area contributed by atoms with E-state index in [1.807, 2.05) is 45.9 Å². The molecule has 1 saturated carbocycles. The Morgan fingerprint density at radius 1 is 1.06 bits per heavy atom. The number of carbonyl (C=O) groups is 1. The molecule has 1 aromatic heterocycles. The highest BCUT2D eigenvalue weighted by molar-refractivity contribution is 5.81. The number of ether oxygens (including phenoxy) is 1. The van der Waals surface area contributed by atoms with Crippen molar-refractivity contribution in [3.8, 4) is 16.9 Å². The summed E-state index contributed by atoms with van der Waals surface area (Å²) in [6.45, 7) is 4.53. The summed E-state index contributed by atoms with van der Waals surface area (Å²) >= 11 is 0. The van der Waals surface area contributed by atoms with Crippen molar-refractivity contribution in [2.24, 2.45) is 17.8 Å². The summed E-state index contributed by atoms with van der Waals surface area (Å²) in [5.74, 6) is 0.922. The van der Waals surface area contributed by atoms with Gasteiger partial charge in [0.25, 0.3) is 5.56 Å². The molecular weight excluding hydrogens is 456 g/mol. The fraction of sp³-hybridized carbons (Fsp3) is 0.571. The van der Waals surface area contributed by atoms with E-state index < -0.39 is 0 Å². The maximum Gasteiger partial charge on any atom is 0.258 e. The number of benzene rings is 1.